The van der Waals surface area contributed by atoms with Gasteiger partial charge in [0.2, 0.25) is 5.91 Å². The fourth-order valence-corrected chi connectivity index (χ4v) is 1.02. The second kappa shape index (κ2) is 5.04. The summed E-state index contributed by atoms with van der Waals surface area (Å²) >= 11 is 11.0. The van der Waals surface area contributed by atoms with Crippen molar-refractivity contribution in [2.24, 2.45) is 0 Å². The molecule has 13 heavy (non-hydrogen) atoms. The number of alkyl halides is 1. The summed E-state index contributed by atoms with van der Waals surface area (Å²) in [5.74, 6) is 0.642. The summed E-state index contributed by atoms with van der Waals surface area (Å²) in [4.78, 5) is 14.9. The maximum atomic E-state index is 11.0. The Morgan fingerprint density at radius 2 is 2.31 bits per heavy atom. The van der Waals surface area contributed by atoms with Crippen LogP contribution in [0.2, 0.25) is 5.02 Å². The van der Waals surface area contributed by atoms with Crippen LogP contribution in [0.1, 0.15) is 6.42 Å². The smallest absolute Gasteiger partial charge is 0.226 e. The summed E-state index contributed by atoms with van der Waals surface area (Å²) in [6.45, 7) is 0. The van der Waals surface area contributed by atoms with Crippen molar-refractivity contribution in [2.45, 2.75) is 6.42 Å². The van der Waals surface area contributed by atoms with Gasteiger partial charge >= 0.3 is 0 Å². The normalized spacial score (nSPS) is 9.69. The zero-order chi connectivity index (χ0) is 9.68. The number of halogens is 2. The summed E-state index contributed by atoms with van der Waals surface area (Å²) in [6, 6.07) is 3.29. The highest BCUT2D eigenvalue weighted by molar-refractivity contribution is 6.30. The first-order chi connectivity index (χ1) is 6.22. The van der Waals surface area contributed by atoms with Crippen molar-refractivity contribution in [3.63, 3.8) is 0 Å². The molecule has 0 aliphatic heterocycles. The average Bonchev–Trinajstić information content (AvgIpc) is 2.09. The summed E-state index contributed by atoms with van der Waals surface area (Å²) in [5.41, 5.74) is 0. The van der Waals surface area contributed by atoms with Gasteiger partial charge in [-0.2, -0.15) is 0 Å². The molecular weight excluding hydrogens is 211 g/mol. The topological polar surface area (TPSA) is 42.0 Å². The Labute approximate surface area is 86.1 Å². The molecule has 0 fully saturated rings. The molecule has 0 spiro atoms. The van der Waals surface area contributed by atoms with E-state index in [1.807, 2.05) is 0 Å². The van der Waals surface area contributed by atoms with Gasteiger partial charge in [-0.05, 0) is 12.1 Å². The van der Waals surface area contributed by atoms with Gasteiger partial charge in [0.25, 0.3) is 0 Å². The molecule has 1 heterocycles. The minimum Gasteiger partial charge on any atom is -0.311 e. The Hall–Kier alpha value is -0.800. The molecule has 1 N–H and O–H groups in total. The predicted molar refractivity (Wildman–Crippen MR) is 53.2 cm³/mol. The molecule has 70 valence electrons. The minimum atomic E-state index is -0.148. The standard InChI is InChI=1S/C8H8Cl2N2O/c9-4-3-8(13)12-7-2-1-6(10)5-11-7/h1-2,5H,3-4H2,(H,11,12,13). The van der Waals surface area contributed by atoms with Crippen LogP contribution in [0.3, 0.4) is 0 Å². The van der Waals surface area contributed by atoms with Gasteiger partial charge in [0.15, 0.2) is 0 Å². The zero-order valence-corrected chi connectivity index (χ0v) is 8.27. The number of anilines is 1. The number of amides is 1. The Morgan fingerprint density at radius 3 is 2.85 bits per heavy atom. The molecule has 3 nitrogen and oxygen atoms in total. The monoisotopic (exact) mass is 218 g/mol. The van der Waals surface area contributed by atoms with Crippen molar-refractivity contribution in [1.29, 1.82) is 0 Å². The van der Waals surface area contributed by atoms with Crippen LogP contribution < -0.4 is 5.32 Å². The van der Waals surface area contributed by atoms with Gasteiger partial charge in [0.05, 0.1) is 5.02 Å². The van der Waals surface area contributed by atoms with E-state index in [4.69, 9.17) is 23.2 Å². The van der Waals surface area contributed by atoms with Crippen molar-refractivity contribution in [3.8, 4) is 0 Å². The van der Waals surface area contributed by atoms with Gasteiger partial charge in [0, 0.05) is 18.5 Å². The molecule has 0 unspecified atom stereocenters. The fraction of sp³-hybridized carbons (Fsp3) is 0.250. The summed E-state index contributed by atoms with van der Waals surface area (Å²) in [5, 5.41) is 3.11. The van der Waals surface area contributed by atoms with Crippen molar-refractivity contribution < 1.29 is 4.79 Å². The molecular formula is C8H8Cl2N2O. The third-order valence-corrected chi connectivity index (χ3v) is 1.73. The summed E-state index contributed by atoms with van der Waals surface area (Å²) in [6.07, 6.45) is 1.75. The molecule has 0 aliphatic carbocycles. The van der Waals surface area contributed by atoms with E-state index in [9.17, 15) is 4.79 Å². The van der Waals surface area contributed by atoms with Crippen molar-refractivity contribution in [2.75, 3.05) is 11.2 Å². The summed E-state index contributed by atoms with van der Waals surface area (Å²) < 4.78 is 0. The number of hydrogen-bond donors (Lipinski definition) is 1. The minimum absolute atomic E-state index is 0.148. The van der Waals surface area contributed by atoms with Crippen LogP contribution in [0.15, 0.2) is 18.3 Å². The maximum Gasteiger partial charge on any atom is 0.226 e. The molecule has 0 saturated carbocycles. The van der Waals surface area contributed by atoms with E-state index < -0.39 is 0 Å². The van der Waals surface area contributed by atoms with E-state index in [-0.39, 0.29) is 12.3 Å². The van der Waals surface area contributed by atoms with Crippen LogP contribution >= 0.6 is 23.2 Å². The first kappa shape index (κ1) is 10.3. The highest BCUT2D eigenvalue weighted by Crippen LogP contribution is 2.09. The lowest BCUT2D eigenvalue weighted by atomic mass is 10.4. The number of carbonyl (C=O) groups is 1. The number of aromatic nitrogens is 1. The summed E-state index contributed by atoms with van der Waals surface area (Å²) in [7, 11) is 0. The van der Waals surface area contributed by atoms with E-state index in [1.54, 1.807) is 12.1 Å². The Morgan fingerprint density at radius 1 is 1.54 bits per heavy atom. The number of carbonyl (C=O) groups excluding carboxylic acids is 1. The lowest BCUT2D eigenvalue weighted by Gasteiger charge is -2.01. The quantitative estimate of drug-likeness (QED) is 0.792. The van der Waals surface area contributed by atoms with Gasteiger partial charge in [-0.1, -0.05) is 11.6 Å². The molecule has 0 radical (unpaired) electrons. The Balaban J connectivity index is 2.54. The third kappa shape index (κ3) is 3.61. The van der Waals surface area contributed by atoms with Crippen molar-refractivity contribution in [3.05, 3.63) is 23.4 Å². The number of rotatable bonds is 3. The number of nitrogens with one attached hydrogen (secondary N) is 1. The second-order valence-corrected chi connectivity index (χ2v) is 3.16. The first-order valence-corrected chi connectivity index (χ1v) is 4.61. The lowest BCUT2D eigenvalue weighted by molar-refractivity contribution is -0.115. The van der Waals surface area contributed by atoms with Crippen LogP contribution in [-0.2, 0) is 4.79 Å². The molecule has 0 atom stereocenters. The largest absolute Gasteiger partial charge is 0.311 e. The molecule has 0 aliphatic rings. The predicted octanol–water partition coefficient (Wildman–Crippen LogP) is 2.30. The SMILES string of the molecule is O=C(CCCl)Nc1ccc(Cl)cn1. The highest BCUT2D eigenvalue weighted by Gasteiger charge is 2.01. The molecule has 1 aromatic rings. The van der Waals surface area contributed by atoms with Gasteiger partial charge in [-0.25, -0.2) is 4.98 Å². The molecule has 1 aromatic heterocycles. The Kier molecular flexibility index (Phi) is 3.99. The molecule has 1 amide bonds. The van der Waals surface area contributed by atoms with Crippen LogP contribution in [0.5, 0.6) is 0 Å². The number of hydrogen-bond acceptors (Lipinski definition) is 2. The molecule has 5 heteroatoms. The molecule has 1 rings (SSSR count). The first-order valence-electron chi connectivity index (χ1n) is 3.70. The van der Waals surface area contributed by atoms with Gasteiger partial charge in [-0.3, -0.25) is 4.79 Å². The van der Waals surface area contributed by atoms with Crippen LogP contribution in [0, 0.1) is 0 Å². The average molecular weight is 219 g/mol. The van der Waals surface area contributed by atoms with Crippen LogP contribution in [0.4, 0.5) is 5.82 Å². The fourth-order valence-electron chi connectivity index (χ4n) is 0.741. The molecule has 0 bridgehead atoms. The Bertz CT molecular complexity index is 287. The van der Waals surface area contributed by atoms with E-state index in [0.29, 0.717) is 16.7 Å². The second-order valence-electron chi connectivity index (χ2n) is 2.35. The van der Waals surface area contributed by atoms with E-state index in [0.717, 1.165) is 0 Å². The third-order valence-electron chi connectivity index (χ3n) is 1.32. The van der Waals surface area contributed by atoms with E-state index in [2.05, 4.69) is 10.3 Å². The van der Waals surface area contributed by atoms with Crippen molar-refractivity contribution >= 4 is 34.9 Å². The molecule has 0 aromatic carbocycles. The highest BCUT2D eigenvalue weighted by atomic mass is 35.5. The number of pyridine rings is 1. The molecule has 0 saturated heterocycles. The van der Waals surface area contributed by atoms with Crippen LogP contribution in [0.25, 0.3) is 0 Å². The van der Waals surface area contributed by atoms with Gasteiger partial charge < -0.3 is 5.32 Å². The number of nitrogens with zero attached hydrogens (tertiary/aromatic N) is 1. The van der Waals surface area contributed by atoms with Crippen molar-refractivity contribution in [1.82, 2.24) is 4.98 Å². The maximum absolute atomic E-state index is 11.0. The van der Waals surface area contributed by atoms with E-state index in [1.165, 1.54) is 6.20 Å². The van der Waals surface area contributed by atoms with Gasteiger partial charge in [-0.15, -0.1) is 11.6 Å². The van der Waals surface area contributed by atoms with Gasteiger partial charge in [0.1, 0.15) is 5.82 Å². The van der Waals surface area contributed by atoms with Crippen LogP contribution in [-0.4, -0.2) is 16.8 Å². The lowest BCUT2D eigenvalue weighted by Crippen LogP contribution is -2.12. The zero-order valence-electron chi connectivity index (χ0n) is 6.76. The van der Waals surface area contributed by atoms with E-state index >= 15 is 0 Å².